The number of halogens is 1. The first-order chi connectivity index (χ1) is 10.1. The lowest BCUT2D eigenvalue weighted by molar-refractivity contribution is 0.0953. The first-order valence-corrected chi connectivity index (χ1v) is 6.99. The van der Waals surface area contributed by atoms with Gasteiger partial charge in [-0.1, -0.05) is 35.9 Å². The van der Waals surface area contributed by atoms with E-state index in [-0.39, 0.29) is 5.91 Å². The lowest BCUT2D eigenvalue weighted by Gasteiger charge is -2.17. The quantitative estimate of drug-likeness (QED) is 0.507. The van der Waals surface area contributed by atoms with Crippen molar-refractivity contribution < 1.29 is 4.79 Å². The molecule has 4 nitrogen and oxygen atoms in total. The lowest BCUT2D eigenvalue weighted by Crippen LogP contribution is -2.30. The molecule has 0 radical (unpaired) electrons. The Morgan fingerprint density at radius 2 is 1.81 bits per heavy atom. The van der Waals surface area contributed by atoms with Crippen molar-refractivity contribution in [3.8, 4) is 0 Å². The molecule has 0 saturated carbocycles. The Labute approximate surface area is 129 Å². The standard InChI is InChI=1S/C16H18ClN3O/c1-20(10-12-5-7-15(17)8-6-12)11-13-3-2-4-14(9-13)16(21)19-18/h2-9H,10-11,18H2,1H3,(H,19,21). The summed E-state index contributed by atoms with van der Waals surface area (Å²) in [7, 11) is 2.03. The average molecular weight is 304 g/mol. The van der Waals surface area contributed by atoms with Crippen molar-refractivity contribution in [2.24, 2.45) is 5.84 Å². The fourth-order valence-electron chi connectivity index (χ4n) is 2.16. The number of carbonyl (C=O) groups excluding carboxylic acids is 1. The highest BCUT2D eigenvalue weighted by Gasteiger charge is 2.06. The smallest absolute Gasteiger partial charge is 0.265 e. The molecule has 0 aliphatic carbocycles. The van der Waals surface area contributed by atoms with Gasteiger partial charge in [0.15, 0.2) is 0 Å². The Kier molecular flexibility index (Phi) is 5.33. The molecule has 0 atom stereocenters. The summed E-state index contributed by atoms with van der Waals surface area (Å²) in [5.74, 6) is 4.87. The molecule has 0 aromatic heterocycles. The number of rotatable bonds is 5. The number of nitrogen functional groups attached to an aromatic ring is 1. The zero-order chi connectivity index (χ0) is 15.2. The third kappa shape index (κ3) is 4.56. The molecule has 0 aliphatic rings. The molecule has 2 rings (SSSR count). The van der Waals surface area contributed by atoms with E-state index in [1.54, 1.807) is 6.07 Å². The second-order valence-electron chi connectivity index (χ2n) is 4.97. The number of carbonyl (C=O) groups is 1. The van der Waals surface area contributed by atoms with Gasteiger partial charge in [0.1, 0.15) is 0 Å². The minimum Gasteiger partial charge on any atom is -0.298 e. The molecular weight excluding hydrogens is 286 g/mol. The van der Waals surface area contributed by atoms with Crippen molar-refractivity contribution >= 4 is 17.5 Å². The zero-order valence-corrected chi connectivity index (χ0v) is 12.6. The van der Waals surface area contributed by atoms with Crippen LogP contribution < -0.4 is 11.3 Å². The van der Waals surface area contributed by atoms with Crippen molar-refractivity contribution in [2.75, 3.05) is 7.05 Å². The monoisotopic (exact) mass is 303 g/mol. The zero-order valence-electron chi connectivity index (χ0n) is 11.8. The normalized spacial score (nSPS) is 10.7. The van der Waals surface area contributed by atoms with Crippen LogP contribution in [0.15, 0.2) is 48.5 Å². The van der Waals surface area contributed by atoms with E-state index in [0.29, 0.717) is 5.56 Å². The van der Waals surface area contributed by atoms with Crippen LogP contribution in [0, 0.1) is 0 Å². The van der Waals surface area contributed by atoms with Crippen molar-refractivity contribution in [2.45, 2.75) is 13.1 Å². The predicted molar refractivity (Wildman–Crippen MR) is 84.7 cm³/mol. The van der Waals surface area contributed by atoms with E-state index in [1.165, 1.54) is 5.56 Å². The van der Waals surface area contributed by atoms with E-state index in [0.717, 1.165) is 23.7 Å². The highest BCUT2D eigenvalue weighted by Crippen LogP contribution is 2.13. The second-order valence-corrected chi connectivity index (χ2v) is 5.41. The lowest BCUT2D eigenvalue weighted by atomic mass is 10.1. The third-order valence-electron chi connectivity index (χ3n) is 3.14. The number of nitrogens with zero attached hydrogens (tertiary/aromatic N) is 1. The maximum Gasteiger partial charge on any atom is 0.265 e. The Bertz CT molecular complexity index is 613. The molecular formula is C16H18ClN3O. The molecule has 0 heterocycles. The van der Waals surface area contributed by atoms with Crippen LogP contribution in [0.5, 0.6) is 0 Å². The summed E-state index contributed by atoms with van der Waals surface area (Å²) in [4.78, 5) is 13.7. The number of hydrogen-bond acceptors (Lipinski definition) is 3. The molecule has 110 valence electrons. The SMILES string of the molecule is CN(Cc1ccc(Cl)cc1)Cc1cccc(C(=O)NN)c1. The Balaban J connectivity index is 2.00. The highest BCUT2D eigenvalue weighted by atomic mass is 35.5. The molecule has 0 bridgehead atoms. The molecule has 0 aliphatic heterocycles. The van der Waals surface area contributed by atoms with Gasteiger partial charge in [0.25, 0.3) is 5.91 Å². The maximum absolute atomic E-state index is 11.5. The summed E-state index contributed by atoms with van der Waals surface area (Å²) < 4.78 is 0. The van der Waals surface area contributed by atoms with Crippen LogP contribution >= 0.6 is 11.6 Å². The topological polar surface area (TPSA) is 58.4 Å². The van der Waals surface area contributed by atoms with Gasteiger partial charge < -0.3 is 0 Å². The number of hydrazine groups is 1. The van der Waals surface area contributed by atoms with Crippen LogP contribution in [0.4, 0.5) is 0 Å². The summed E-state index contributed by atoms with van der Waals surface area (Å²) in [6.07, 6.45) is 0. The van der Waals surface area contributed by atoms with E-state index in [9.17, 15) is 4.79 Å². The number of benzene rings is 2. The van der Waals surface area contributed by atoms with E-state index >= 15 is 0 Å². The van der Waals surface area contributed by atoms with Crippen LogP contribution in [-0.4, -0.2) is 17.9 Å². The molecule has 5 heteroatoms. The Morgan fingerprint density at radius 1 is 1.14 bits per heavy atom. The first kappa shape index (κ1) is 15.5. The molecule has 21 heavy (non-hydrogen) atoms. The van der Waals surface area contributed by atoms with Gasteiger partial charge >= 0.3 is 0 Å². The van der Waals surface area contributed by atoms with Crippen LogP contribution in [0.1, 0.15) is 21.5 Å². The van der Waals surface area contributed by atoms with E-state index in [4.69, 9.17) is 17.4 Å². The summed E-state index contributed by atoms with van der Waals surface area (Å²) >= 11 is 5.88. The van der Waals surface area contributed by atoms with Crippen LogP contribution in [-0.2, 0) is 13.1 Å². The number of nitrogens with one attached hydrogen (secondary N) is 1. The van der Waals surface area contributed by atoms with E-state index < -0.39 is 0 Å². The number of nitrogens with two attached hydrogens (primary N) is 1. The van der Waals surface area contributed by atoms with Gasteiger partial charge in [0, 0.05) is 23.7 Å². The van der Waals surface area contributed by atoms with Crippen LogP contribution in [0.3, 0.4) is 0 Å². The third-order valence-corrected chi connectivity index (χ3v) is 3.39. The molecule has 2 aromatic carbocycles. The van der Waals surface area contributed by atoms with Crippen molar-refractivity contribution in [3.05, 3.63) is 70.2 Å². The van der Waals surface area contributed by atoms with Gasteiger partial charge in [-0.3, -0.25) is 15.1 Å². The molecule has 0 unspecified atom stereocenters. The molecule has 0 saturated heterocycles. The van der Waals surface area contributed by atoms with Crippen molar-refractivity contribution in [3.63, 3.8) is 0 Å². The second kappa shape index (κ2) is 7.22. The molecule has 0 spiro atoms. The summed E-state index contributed by atoms with van der Waals surface area (Å²) in [6, 6.07) is 15.2. The average Bonchev–Trinajstić information content (AvgIpc) is 2.49. The fourth-order valence-corrected chi connectivity index (χ4v) is 2.29. The van der Waals surface area contributed by atoms with E-state index in [1.807, 2.05) is 49.5 Å². The summed E-state index contributed by atoms with van der Waals surface area (Å²) in [6.45, 7) is 1.55. The van der Waals surface area contributed by atoms with E-state index in [2.05, 4.69) is 10.3 Å². The van der Waals surface area contributed by atoms with Crippen molar-refractivity contribution in [1.82, 2.24) is 10.3 Å². The van der Waals surface area contributed by atoms with Gasteiger partial charge in [-0.2, -0.15) is 0 Å². The minimum atomic E-state index is -0.280. The van der Waals surface area contributed by atoms with Gasteiger partial charge in [-0.15, -0.1) is 0 Å². The van der Waals surface area contributed by atoms with Crippen molar-refractivity contribution in [1.29, 1.82) is 0 Å². The fraction of sp³-hybridized carbons (Fsp3) is 0.188. The predicted octanol–water partition coefficient (Wildman–Crippen LogP) is 2.58. The van der Waals surface area contributed by atoms with Gasteiger partial charge in [0.2, 0.25) is 0 Å². The molecule has 3 N–H and O–H groups in total. The van der Waals surface area contributed by atoms with Gasteiger partial charge in [-0.25, -0.2) is 5.84 Å². The largest absolute Gasteiger partial charge is 0.298 e. The summed E-state index contributed by atoms with van der Waals surface area (Å²) in [5, 5.41) is 0.738. The Hall–Kier alpha value is -1.88. The first-order valence-electron chi connectivity index (χ1n) is 6.61. The minimum absolute atomic E-state index is 0.280. The van der Waals surface area contributed by atoms with Crippen LogP contribution in [0.2, 0.25) is 5.02 Å². The van der Waals surface area contributed by atoms with Gasteiger partial charge in [-0.05, 0) is 42.4 Å². The highest BCUT2D eigenvalue weighted by molar-refractivity contribution is 6.30. The number of hydrogen-bond donors (Lipinski definition) is 2. The summed E-state index contributed by atoms with van der Waals surface area (Å²) in [5.41, 5.74) is 4.96. The molecule has 2 aromatic rings. The maximum atomic E-state index is 11.5. The van der Waals surface area contributed by atoms with Gasteiger partial charge in [0.05, 0.1) is 0 Å². The Morgan fingerprint density at radius 3 is 2.48 bits per heavy atom. The molecule has 0 fully saturated rings. The molecule has 1 amide bonds. The number of amides is 1. The van der Waals surface area contributed by atoms with Crippen LogP contribution in [0.25, 0.3) is 0 Å².